The standard InChI is InChI=1S/C14H15NO3/c1-18-11-7-5-10(6-8-11)15-9-12-13(16)3-2-4-14(12)17/h5-9,12H,2-4H2,1H3. The van der Waals surface area contributed by atoms with E-state index in [2.05, 4.69) is 4.99 Å². The average Bonchev–Trinajstić information content (AvgIpc) is 2.39. The first kappa shape index (κ1) is 12.5. The maximum atomic E-state index is 11.6. The lowest BCUT2D eigenvalue weighted by Crippen LogP contribution is -2.29. The molecule has 0 spiro atoms. The Kier molecular flexibility index (Phi) is 3.87. The molecule has 4 nitrogen and oxygen atoms in total. The fraction of sp³-hybridized carbons (Fsp3) is 0.357. The van der Waals surface area contributed by atoms with Crippen molar-refractivity contribution in [3.05, 3.63) is 24.3 Å². The normalized spacial score (nSPS) is 17.4. The molecule has 0 saturated heterocycles. The first-order valence-corrected chi connectivity index (χ1v) is 5.94. The summed E-state index contributed by atoms with van der Waals surface area (Å²) in [6.07, 6.45) is 3.09. The lowest BCUT2D eigenvalue weighted by molar-refractivity contribution is -0.132. The van der Waals surface area contributed by atoms with Crippen LogP contribution in [-0.4, -0.2) is 24.9 Å². The zero-order valence-electron chi connectivity index (χ0n) is 10.3. The first-order valence-electron chi connectivity index (χ1n) is 5.94. The Hall–Kier alpha value is -1.97. The smallest absolute Gasteiger partial charge is 0.148 e. The van der Waals surface area contributed by atoms with Crippen molar-refractivity contribution in [3.8, 4) is 5.75 Å². The Morgan fingerprint density at radius 1 is 1.17 bits per heavy atom. The van der Waals surface area contributed by atoms with Gasteiger partial charge in [-0.05, 0) is 30.7 Å². The molecule has 1 aromatic carbocycles. The molecular weight excluding hydrogens is 230 g/mol. The Bertz CT molecular complexity index is 460. The maximum Gasteiger partial charge on any atom is 0.148 e. The van der Waals surface area contributed by atoms with E-state index in [9.17, 15) is 9.59 Å². The minimum atomic E-state index is -0.652. The topological polar surface area (TPSA) is 55.7 Å². The van der Waals surface area contributed by atoms with E-state index >= 15 is 0 Å². The Morgan fingerprint density at radius 2 is 1.78 bits per heavy atom. The minimum Gasteiger partial charge on any atom is -0.497 e. The van der Waals surface area contributed by atoms with Gasteiger partial charge in [0.2, 0.25) is 0 Å². The summed E-state index contributed by atoms with van der Waals surface area (Å²) in [4.78, 5) is 27.4. The van der Waals surface area contributed by atoms with Gasteiger partial charge in [-0.3, -0.25) is 14.6 Å². The summed E-state index contributed by atoms with van der Waals surface area (Å²) in [7, 11) is 1.59. The second-order valence-electron chi connectivity index (χ2n) is 4.24. The quantitative estimate of drug-likeness (QED) is 0.606. The lowest BCUT2D eigenvalue weighted by Gasteiger charge is -2.14. The van der Waals surface area contributed by atoms with Crippen LogP contribution in [0.5, 0.6) is 5.75 Å². The molecule has 18 heavy (non-hydrogen) atoms. The van der Waals surface area contributed by atoms with Gasteiger partial charge in [0.1, 0.15) is 23.2 Å². The first-order chi connectivity index (χ1) is 8.70. The summed E-state index contributed by atoms with van der Waals surface area (Å²) < 4.78 is 5.04. The van der Waals surface area contributed by atoms with Crippen molar-refractivity contribution < 1.29 is 14.3 Å². The molecule has 0 atom stereocenters. The van der Waals surface area contributed by atoms with Crippen molar-refractivity contribution in [3.63, 3.8) is 0 Å². The number of rotatable bonds is 3. The number of methoxy groups -OCH3 is 1. The molecule has 1 aromatic rings. The van der Waals surface area contributed by atoms with Gasteiger partial charge < -0.3 is 4.74 Å². The minimum absolute atomic E-state index is 0.0245. The van der Waals surface area contributed by atoms with Crippen molar-refractivity contribution in [2.45, 2.75) is 19.3 Å². The van der Waals surface area contributed by atoms with Crippen molar-refractivity contribution in [2.75, 3.05) is 7.11 Å². The van der Waals surface area contributed by atoms with Crippen LogP contribution in [0.15, 0.2) is 29.3 Å². The average molecular weight is 245 g/mol. The van der Waals surface area contributed by atoms with Gasteiger partial charge in [0.25, 0.3) is 0 Å². The lowest BCUT2D eigenvalue weighted by atomic mass is 9.87. The van der Waals surface area contributed by atoms with Crippen molar-refractivity contribution in [2.24, 2.45) is 10.9 Å². The molecule has 0 aromatic heterocycles. The van der Waals surface area contributed by atoms with Crippen LogP contribution in [0.1, 0.15) is 19.3 Å². The van der Waals surface area contributed by atoms with E-state index in [0.717, 1.165) is 5.75 Å². The van der Waals surface area contributed by atoms with E-state index in [1.807, 2.05) is 0 Å². The highest BCUT2D eigenvalue weighted by atomic mass is 16.5. The Labute approximate surface area is 106 Å². The number of ether oxygens (including phenoxy) is 1. The molecule has 1 aliphatic carbocycles. The highest BCUT2D eigenvalue weighted by Crippen LogP contribution is 2.20. The van der Waals surface area contributed by atoms with Crippen molar-refractivity contribution >= 4 is 23.5 Å². The summed E-state index contributed by atoms with van der Waals surface area (Å²) in [6, 6.07) is 7.15. The van der Waals surface area contributed by atoms with E-state index in [4.69, 9.17) is 4.74 Å². The number of benzene rings is 1. The predicted molar refractivity (Wildman–Crippen MR) is 68.5 cm³/mol. The fourth-order valence-corrected chi connectivity index (χ4v) is 1.92. The molecule has 94 valence electrons. The molecule has 1 fully saturated rings. The van der Waals surface area contributed by atoms with Crippen LogP contribution in [0.2, 0.25) is 0 Å². The van der Waals surface area contributed by atoms with E-state index < -0.39 is 5.92 Å². The molecule has 4 heteroatoms. The molecular formula is C14H15NO3. The van der Waals surface area contributed by atoms with Crippen LogP contribution >= 0.6 is 0 Å². The van der Waals surface area contributed by atoms with Crippen molar-refractivity contribution in [1.29, 1.82) is 0 Å². The molecule has 1 aliphatic rings. The molecule has 0 bridgehead atoms. The number of hydrogen-bond acceptors (Lipinski definition) is 4. The molecule has 0 N–H and O–H groups in total. The van der Waals surface area contributed by atoms with E-state index in [1.54, 1.807) is 31.4 Å². The number of aliphatic imine (C=N–C) groups is 1. The van der Waals surface area contributed by atoms with Gasteiger partial charge >= 0.3 is 0 Å². The monoisotopic (exact) mass is 245 g/mol. The summed E-state index contributed by atoms with van der Waals surface area (Å²) in [5, 5.41) is 0. The molecule has 1 saturated carbocycles. The van der Waals surface area contributed by atoms with Crippen LogP contribution in [0.25, 0.3) is 0 Å². The van der Waals surface area contributed by atoms with E-state index in [-0.39, 0.29) is 11.6 Å². The van der Waals surface area contributed by atoms with E-state index in [0.29, 0.717) is 24.9 Å². The Morgan fingerprint density at radius 3 is 2.33 bits per heavy atom. The van der Waals surface area contributed by atoms with Crippen LogP contribution < -0.4 is 4.74 Å². The van der Waals surface area contributed by atoms with Crippen molar-refractivity contribution in [1.82, 2.24) is 0 Å². The summed E-state index contributed by atoms with van der Waals surface area (Å²) in [6.45, 7) is 0. The Balaban J connectivity index is 2.09. The van der Waals surface area contributed by atoms with Gasteiger partial charge in [-0.15, -0.1) is 0 Å². The zero-order chi connectivity index (χ0) is 13.0. The molecule has 0 heterocycles. The van der Waals surface area contributed by atoms with Crippen LogP contribution in [0.4, 0.5) is 5.69 Å². The maximum absolute atomic E-state index is 11.6. The summed E-state index contributed by atoms with van der Waals surface area (Å²) >= 11 is 0. The van der Waals surface area contributed by atoms with Crippen LogP contribution in [0, 0.1) is 5.92 Å². The number of ketones is 2. The third kappa shape index (κ3) is 2.83. The second kappa shape index (κ2) is 5.58. The number of carbonyl (C=O) groups excluding carboxylic acids is 2. The van der Waals surface area contributed by atoms with E-state index in [1.165, 1.54) is 6.21 Å². The fourth-order valence-electron chi connectivity index (χ4n) is 1.92. The SMILES string of the molecule is COc1ccc(N=CC2C(=O)CCCC2=O)cc1. The largest absolute Gasteiger partial charge is 0.497 e. The van der Waals surface area contributed by atoms with Gasteiger partial charge in [-0.25, -0.2) is 0 Å². The molecule has 0 aliphatic heterocycles. The number of hydrogen-bond donors (Lipinski definition) is 0. The van der Waals surface area contributed by atoms with Gasteiger partial charge in [-0.2, -0.15) is 0 Å². The summed E-state index contributed by atoms with van der Waals surface area (Å²) in [5.41, 5.74) is 0.710. The molecule has 2 rings (SSSR count). The number of nitrogens with zero attached hydrogens (tertiary/aromatic N) is 1. The van der Waals surface area contributed by atoms with Gasteiger partial charge in [-0.1, -0.05) is 0 Å². The second-order valence-corrected chi connectivity index (χ2v) is 4.24. The third-order valence-electron chi connectivity index (χ3n) is 2.99. The van der Waals surface area contributed by atoms with Crippen LogP contribution in [-0.2, 0) is 9.59 Å². The number of Topliss-reactive ketones (excluding diaryl/α,β-unsaturated/α-hetero) is 2. The summed E-state index contributed by atoms with van der Waals surface area (Å²) in [5.74, 6) is 0.0478. The predicted octanol–water partition coefficient (Wildman–Crippen LogP) is 2.34. The zero-order valence-corrected chi connectivity index (χ0v) is 10.3. The van der Waals surface area contributed by atoms with Crippen LogP contribution in [0.3, 0.4) is 0 Å². The molecule has 0 amide bonds. The molecule has 0 unspecified atom stereocenters. The van der Waals surface area contributed by atoms with Gasteiger partial charge in [0.15, 0.2) is 0 Å². The molecule has 0 radical (unpaired) electrons. The number of carbonyl (C=O) groups is 2. The highest BCUT2D eigenvalue weighted by molar-refractivity contribution is 6.16. The third-order valence-corrected chi connectivity index (χ3v) is 2.99. The van der Waals surface area contributed by atoms with Gasteiger partial charge in [0.05, 0.1) is 12.8 Å². The highest BCUT2D eigenvalue weighted by Gasteiger charge is 2.28. The van der Waals surface area contributed by atoms with Gasteiger partial charge in [0, 0.05) is 19.1 Å².